The maximum absolute atomic E-state index is 11.5. The van der Waals surface area contributed by atoms with Crippen LogP contribution in [0.15, 0.2) is 10.9 Å². The Kier molecular flexibility index (Phi) is 4.39. The van der Waals surface area contributed by atoms with Crippen LogP contribution in [0.25, 0.3) is 5.65 Å². The average Bonchev–Trinajstić information content (AvgIpc) is 2.79. The third-order valence-corrected chi connectivity index (χ3v) is 3.68. The Morgan fingerprint density at radius 3 is 3.00 bits per heavy atom. The van der Waals surface area contributed by atoms with E-state index in [1.54, 1.807) is 13.0 Å². The van der Waals surface area contributed by atoms with E-state index in [4.69, 9.17) is 0 Å². The molecule has 2 aromatic heterocycles. The molecule has 7 nitrogen and oxygen atoms in total. The van der Waals surface area contributed by atoms with E-state index in [1.165, 1.54) is 4.40 Å². The van der Waals surface area contributed by atoms with Crippen LogP contribution in [0.1, 0.15) is 26.1 Å². The molecule has 1 atom stereocenters. The van der Waals surface area contributed by atoms with Crippen molar-refractivity contribution >= 4 is 11.5 Å². The molecule has 0 spiro atoms. The van der Waals surface area contributed by atoms with Crippen LogP contribution in [-0.4, -0.2) is 50.7 Å². The van der Waals surface area contributed by atoms with Gasteiger partial charge < -0.3 is 10.2 Å². The van der Waals surface area contributed by atoms with Crippen molar-refractivity contribution in [2.24, 2.45) is 0 Å². The summed E-state index contributed by atoms with van der Waals surface area (Å²) in [5.74, 6) is 1.37. The maximum atomic E-state index is 11.5. The minimum atomic E-state index is -0.256. The number of nitrogens with one attached hydrogen (secondary N) is 2. The summed E-state index contributed by atoms with van der Waals surface area (Å²) in [4.78, 5) is 18.2. The molecule has 2 heterocycles. The number of nitrogens with zero attached hydrogens (tertiary/aromatic N) is 4. The number of rotatable bonds is 6. The van der Waals surface area contributed by atoms with Gasteiger partial charge >= 0.3 is 5.69 Å². The summed E-state index contributed by atoms with van der Waals surface area (Å²) in [7, 11) is 2.12. The Labute approximate surface area is 118 Å². The molecule has 2 rings (SSSR count). The Bertz CT molecular complexity index is 631. The first-order chi connectivity index (χ1) is 9.52. The van der Waals surface area contributed by atoms with Crippen LogP contribution in [0.2, 0.25) is 0 Å². The quantitative estimate of drug-likeness (QED) is 0.819. The van der Waals surface area contributed by atoms with E-state index < -0.39 is 0 Å². The normalized spacial score (nSPS) is 13.1. The predicted octanol–water partition coefficient (Wildman–Crippen LogP) is 0.868. The van der Waals surface area contributed by atoms with Crippen LogP contribution in [0.4, 0.5) is 5.82 Å². The number of likely N-dealkylation sites (N-methyl/N-ethyl adjacent to an activating group) is 1. The summed E-state index contributed by atoms with van der Waals surface area (Å²) in [5, 5.41) is 9.66. The highest BCUT2D eigenvalue weighted by molar-refractivity contribution is 5.49. The molecule has 110 valence electrons. The molecule has 2 N–H and O–H groups in total. The summed E-state index contributed by atoms with van der Waals surface area (Å²) in [5.41, 5.74) is 0.327. The molecule has 0 aromatic carbocycles. The molecule has 0 fully saturated rings. The van der Waals surface area contributed by atoms with E-state index in [1.807, 2.05) is 0 Å². The maximum Gasteiger partial charge on any atom is 0.349 e. The first kappa shape index (κ1) is 14.5. The topological polar surface area (TPSA) is 78.3 Å². The van der Waals surface area contributed by atoms with Gasteiger partial charge in [0.1, 0.15) is 11.6 Å². The van der Waals surface area contributed by atoms with Gasteiger partial charge in [-0.15, -0.1) is 0 Å². The van der Waals surface area contributed by atoms with E-state index in [0.717, 1.165) is 25.3 Å². The second-order valence-corrected chi connectivity index (χ2v) is 5.08. The second kappa shape index (κ2) is 6.04. The number of anilines is 1. The minimum Gasteiger partial charge on any atom is -0.369 e. The first-order valence-electron chi connectivity index (χ1n) is 6.91. The Balaban J connectivity index is 2.02. The lowest BCUT2D eigenvalue weighted by Crippen LogP contribution is -2.32. The zero-order valence-corrected chi connectivity index (χ0v) is 12.5. The van der Waals surface area contributed by atoms with Crippen LogP contribution in [0.3, 0.4) is 0 Å². The second-order valence-electron chi connectivity index (χ2n) is 5.08. The number of fused-ring (bicyclic) bond motifs is 1. The van der Waals surface area contributed by atoms with Gasteiger partial charge in [-0.3, -0.25) is 0 Å². The highest BCUT2D eigenvalue weighted by Gasteiger charge is 2.08. The number of hydrogen-bond donors (Lipinski definition) is 2. The zero-order chi connectivity index (χ0) is 14.7. The summed E-state index contributed by atoms with van der Waals surface area (Å²) in [6.07, 6.45) is 1.13. The lowest BCUT2D eigenvalue weighted by atomic mass is 10.2. The van der Waals surface area contributed by atoms with Crippen LogP contribution >= 0.6 is 0 Å². The number of H-pyrrole nitrogens is 1. The van der Waals surface area contributed by atoms with Crippen molar-refractivity contribution < 1.29 is 0 Å². The molecule has 7 heteroatoms. The molecule has 0 saturated carbocycles. The monoisotopic (exact) mass is 278 g/mol. The van der Waals surface area contributed by atoms with Crippen molar-refractivity contribution in [1.29, 1.82) is 0 Å². The molecule has 0 aliphatic rings. The number of aryl methyl sites for hydroxylation is 1. The SMILES string of the molecule is CCC(C)N(C)CCNc1cc2n[nH]c(=O)n2c(C)n1. The molecular formula is C13H22N6O. The van der Waals surface area contributed by atoms with Crippen LogP contribution < -0.4 is 11.0 Å². The number of hydrogen-bond acceptors (Lipinski definition) is 5. The van der Waals surface area contributed by atoms with Crippen LogP contribution in [0, 0.1) is 6.92 Å². The van der Waals surface area contributed by atoms with Crippen molar-refractivity contribution in [2.45, 2.75) is 33.2 Å². The third kappa shape index (κ3) is 2.98. The van der Waals surface area contributed by atoms with Gasteiger partial charge in [0.2, 0.25) is 0 Å². The summed E-state index contributed by atoms with van der Waals surface area (Å²) < 4.78 is 1.45. The van der Waals surface area contributed by atoms with Gasteiger partial charge in [-0.1, -0.05) is 6.92 Å². The van der Waals surface area contributed by atoms with Gasteiger partial charge in [0.05, 0.1) is 0 Å². The van der Waals surface area contributed by atoms with Crippen molar-refractivity contribution in [3.63, 3.8) is 0 Å². The molecule has 0 saturated heterocycles. The largest absolute Gasteiger partial charge is 0.369 e. The van der Waals surface area contributed by atoms with Gasteiger partial charge in [-0.2, -0.15) is 5.10 Å². The summed E-state index contributed by atoms with van der Waals surface area (Å²) in [6, 6.07) is 2.34. The van der Waals surface area contributed by atoms with E-state index in [-0.39, 0.29) is 5.69 Å². The van der Waals surface area contributed by atoms with Gasteiger partial charge in [0.25, 0.3) is 0 Å². The Morgan fingerprint density at radius 2 is 2.30 bits per heavy atom. The number of aromatic nitrogens is 4. The molecule has 2 aromatic rings. The smallest absolute Gasteiger partial charge is 0.349 e. The fourth-order valence-corrected chi connectivity index (χ4v) is 2.08. The fraction of sp³-hybridized carbons (Fsp3) is 0.615. The molecule has 1 unspecified atom stereocenters. The molecule has 0 aliphatic heterocycles. The molecule has 20 heavy (non-hydrogen) atoms. The molecule has 0 aliphatic carbocycles. The Morgan fingerprint density at radius 1 is 1.55 bits per heavy atom. The van der Waals surface area contributed by atoms with E-state index in [9.17, 15) is 4.79 Å². The van der Waals surface area contributed by atoms with Crippen LogP contribution in [0.5, 0.6) is 0 Å². The molecule has 0 amide bonds. The molecule has 0 bridgehead atoms. The summed E-state index contributed by atoms with van der Waals surface area (Å²) >= 11 is 0. The van der Waals surface area contributed by atoms with Crippen LogP contribution in [-0.2, 0) is 0 Å². The van der Waals surface area contributed by atoms with Gasteiger partial charge in [-0.25, -0.2) is 19.3 Å². The van der Waals surface area contributed by atoms with Gasteiger partial charge in [-0.05, 0) is 27.3 Å². The van der Waals surface area contributed by atoms with E-state index in [0.29, 0.717) is 17.5 Å². The van der Waals surface area contributed by atoms with E-state index >= 15 is 0 Å². The summed E-state index contributed by atoms with van der Waals surface area (Å²) in [6.45, 7) is 7.93. The average molecular weight is 278 g/mol. The van der Waals surface area contributed by atoms with Gasteiger partial charge in [0, 0.05) is 25.2 Å². The predicted molar refractivity (Wildman–Crippen MR) is 79.2 cm³/mol. The Hall–Kier alpha value is -1.89. The lowest BCUT2D eigenvalue weighted by Gasteiger charge is -2.23. The van der Waals surface area contributed by atoms with E-state index in [2.05, 4.69) is 46.3 Å². The minimum absolute atomic E-state index is 0.256. The van der Waals surface area contributed by atoms with Gasteiger partial charge in [0.15, 0.2) is 5.65 Å². The number of aromatic amines is 1. The molecular weight excluding hydrogens is 256 g/mol. The fourth-order valence-electron chi connectivity index (χ4n) is 2.08. The van der Waals surface area contributed by atoms with Crippen molar-refractivity contribution in [3.8, 4) is 0 Å². The third-order valence-electron chi connectivity index (χ3n) is 3.68. The zero-order valence-electron chi connectivity index (χ0n) is 12.5. The highest BCUT2D eigenvalue weighted by Crippen LogP contribution is 2.07. The van der Waals surface area contributed by atoms with Crippen molar-refractivity contribution in [2.75, 3.05) is 25.5 Å². The lowest BCUT2D eigenvalue weighted by molar-refractivity contribution is 0.261. The van der Waals surface area contributed by atoms with Crippen molar-refractivity contribution in [3.05, 3.63) is 22.4 Å². The first-order valence-corrected chi connectivity index (χ1v) is 6.91. The van der Waals surface area contributed by atoms with Crippen molar-refractivity contribution in [1.82, 2.24) is 24.5 Å². The highest BCUT2D eigenvalue weighted by atomic mass is 16.1. The molecule has 0 radical (unpaired) electrons. The standard InChI is InChI=1S/C13H22N6O/c1-5-9(2)18(4)7-6-14-11-8-12-16-17-13(20)19(12)10(3)15-11/h8-9,14H,5-7H2,1-4H3,(H,17,20).